The first kappa shape index (κ1) is 14.6. The lowest BCUT2D eigenvalue weighted by molar-refractivity contribution is 0.229. The summed E-state index contributed by atoms with van der Waals surface area (Å²) in [6, 6.07) is 8.34. The molecule has 0 aromatic heterocycles. The first-order chi connectivity index (χ1) is 7.59. The third-order valence-electron chi connectivity index (χ3n) is 3.13. The fraction of sp³-hybridized carbons (Fsp3) is 0.625. The van der Waals surface area contributed by atoms with E-state index in [1.54, 1.807) is 0 Å². The Kier molecular flexibility index (Phi) is 4.30. The predicted molar refractivity (Wildman–Crippen MR) is 77.7 cm³/mol. The van der Waals surface area contributed by atoms with Crippen LogP contribution in [0, 0.1) is 10.8 Å². The monoisotopic (exact) mass is 252 g/mol. The quantitative estimate of drug-likeness (QED) is 0.614. The lowest BCUT2D eigenvalue weighted by Gasteiger charge is -2.36. The van der Waals surface area contributed by atoms with Crippen molar-refractivity contribution in [1.82, 2.24) is 0 Å². The SMILES string of the molecule is CC(C)(C)CC(c1ccc(Cl)cc1)C(C)(C)C. The van der Waals surface area contributed by atoms with Crippen LogP contribution in [-0.4, -0.2) is 0 Å². The van der Waals surface area contributed by atoms with Crippen LogP contribution < -0.4 is 0 Å². The molecule has 0 aliphatic heterocycles. The smallest absolute Gasteiger partial charge is 0.0406 e. The minimum Gasteiger partial charge on any atom is -0.0843 e. The third-order valence-corrected chi connectivity index (χ3v) is 3.39. The molecule has 17 heavy (non-hydrogen) atoms. The Hall–Kier alpha value is -0.490. The van der Waals surface area contributed by atoms with Crippen LogP contribution in [0.5, 0.6) is 0 Å². The van der Waals surface area contributed by atoms with Gasteiger partial charge in [0.05, 0.1) is 0 Å². The van der Waals surface area contributed by atoms with Crippen LogP contribution >= 0.6 is 11.6 Å². The fourth-order valence-corrected chi connectivity index (χ4v) is 2.36. The molecule has 0 aliphatic carbocycles. The van der Waals surface area contributed by atoms with Crippen LogP contribution in [0.25, 0.3) is 0 Å². The van der Waals surface area contributed by atoms with E-state index in [2.05, 4.69) is 53.7 Å². The average Bonchev–Trinajstić information content (AvgIpc) is 2.13. The van der Waals surface area contributed by atoms with Crippen molar-refractivity contribution >= 4 is 11.6 Å². The minimum absolute atomic E-state index is 0.279. The lowest BCUT2D eigenvalue weighted by atomic mass is 9.69. The van der Waals surface area contributed by atoms with Gasteiger partial charge in [-0.1, -0.05) is 65.3 Å². The Morgan fingerprint density at radius 1 is 0.941 bits per heavy atom. The van der Waals surface area contributed by atoms with Crippen molar-refractivity contribution in [2.45, 2.75) is 53.9 Å². The van der Waals surface area contributed by atoms with E-state index in [9.17, 15) is 0 Å². The highest BCUT2D eigenvalue weighted by Gasteiger charge is 2.30. The second-order valence-corrected chi connectivity index (χ2v) is 7.67. The second kappa shape index (κ2) is 5.02. The zero-order chi connectivity index (χ0) is 13.3. The van der Waals surface area contributed by atoms with Gasteiger partial charge in [-0.05, 0) is 40.9 Å². The largest absolute Gasteiger partial charge is 0.0843 e. The van der Waals surface area contributed by atoms with Gasteiger partial charge >= 0.3 is 0 Å². The minimum atomic E-state index is 0.279. The Labute approximate surface area is 111 Å². The maximum absolute atomic E-state index is 5.96. The van der Waals surface area contributed by atoms with E-state index in [-0.39, 0.29) is 5.41 Å². The topological polar surface area (TPSA) is 0 Å². The standard InChI is InChI=1S/C16H25Cl/c1-15(2,3)11-14(16(4,5)6)12-7-9-13(17)10-8-12/h7-10,14H,11H2,1-6H3. The zero-order valence-electron chi connectivity index (χ0n) is 12.0. The molecule has 0 aliphatic rings. The molecule has 0 saturated heterocycles. The summed E-state index contributed by atoms with van der Waals surface area (Å²) in [7, 11) is 0. The molecule has 0 radical (unpaired) electrons. The molecule has 0 spiro atoms. The summed E-state index contributed by atoms with van der Waals surface area (Å²) in [6.45, 7) is 13.9. The maximum atomic E-state index is 5.96. The molecule has 0 N–H and O–H groups in total. The Balaban J connectivity index is 3.03. The third kappa shape index (κ3) is 4.71. The normalized spacial score (nSPS) is 14.8. The molecule has 1 atom stereocenters. The van der Waals surface area contributed by atoms with Gasteiger partial charge in [0.1, 0.15) is 0 Å². The molecule has 1 aromatic carbocycles. The van der Waals surface area contributed by atoms with Crippen molar-refractivity contribution in [3.05, 3.63) is 34.9 Å². The Morgan fingerprint density at radius 2 is 1.41 bits per heavy atom. The Morgan fingerprint density at radius 3 is 1.76 bits per heavy atom. The molecule has 0 saturated carbocycles. The number of benzene rings is 1. The molecule has 96 valence electrons. The van der Waals surface area contributed by atoms with Gasteiger partial charge in [0.2, 0.25) is 0 Å². The van der Waals surface area contributed by atoms with Gasteiger partial charge in [0.25, 0.3) is 0 Å². The van der Waals surface area contributed by atoms with E-state index < -0.39 is 0 Å². The summed E-state index contributed by atoms with van der Waals surface area (Å²) in [5, 5.41) is 0.817. The molecular formula is C16H25Cl. The molecule has 0 bridgehead atoms. The number of halogens is 1. The van der Waals surface area contributed by atoms with Gasteiger partial charge in [-0.25, -0.2) is 0 Å². The van der Waals surface area contributed by atoms with Crippen molar-refractivity contribution in [2.75, 3.05) is 0 Å². The van der Waals surface area contributed by atoms with Crippen molar-refractivity contribution in [3.63, 3.8) is 0 Å². The van der Waals surface area contributed by atoms with E-state index >= 15 is 0 Å². The molecule has 0 amide bonds. The molecular weight excluding hydrogens is 228 g/mol. The highest BCUT2D eigenvalue weighted by molar-refractivity contribution is 6.30. The molecule has 1 rings (SSSR count). The number of hydrogen-bond acceptors (Lipinski definition) is 0. The first-order valence-corrected chi connectivity index (χ1v) is 6.73. The molecule has 1 unspecified atom stereocenters. The predicted octanol–water partition coefficient (Wildman–Crippen LogP) is 5.91. The van der Waals surface area contributed by atoms with Gasteiger partial charge in [0, 0.05) is 5.02 Å². The molecule has 0 nitrogen and oxygen atoms in total. The first-order valence-electron chi connectivity index (χ1n) is 6.35. The average molecular weight is 253 g/mol. The van der Waals surface area contributed by atoms with Crippen molar-refractivity contribution < 1.29 is 0 Å². The summed E-state index contributed by atoms with van der Waals surface area (Å²) in [5.41, 5.74) is 2.02. The number of hydrogen-bond donors (Lipinski definition) is 0. The van der Waals surface area contributed by atoms with Crippen LogP contribution in [0.15, 0.2) is 24.3 Å². The number of rotatable bonds is 2. The van der Waals surface area contributed by atoms with Crippen molar-refractivity contribution in [2.24, 2.45) is 10.8 Å². The molecule has 0 heterocycles. The molecule has 1 heteroatoms. The summed E-state index contributed by atoms with van der Waals surface area (Å²) in [5.74, 6) is 0.569. The zero-order valence-corrected chi connectivity index (χ0v) is 12.7. The van der Waals surface area contributed by atoms with Crippen LogP contribution in [-0.2, 0) is 0 Å². The van der Waals surface area contributed by atoms with Crippen LogP contribution in [0.4, 0.5) is 0 Å². The molecule has 0 fully saturated rings. The fourth-order valence-electron chi connectivity index (χ4n) is 2.23. The summed E-state index contributed by atoms with van der Waals surface area (Å²) in [4.78, 5) is 0. The van der Waals surface area contributed by atoms with Gasteiger partial charge < -0.3 is 0 Å². The van der Waals surface area contributed by atoms with Gasteiger partial charge in [-0.15, -0.1) is 0 Å². The Bertz CT molecular complexity index is 349. The lowest BCUT2D eigenvalue weighted by Crippen LogP contribution is -2.23. The highest BCUT2D eigenvalue weighted by Crippen LogP contribution is 2.43. The van der Waals surface area contributed by atoms with Gasteiger partial charge in [-0.2, -0.15) is 0 Å². The van der Waals surface area contributed by atoms with Gasteiger partial charge in [0.15, 0.2) is 0 Å². The maximum Gasteiger partial charge on any atom is 0.0406 e. The van der Waals surface area contributed by atoms with Crippen LogP contribution in [0.3, 0.4) is 0 Å². The molecule has 1 aromatic rings. The summed E-state index contributed by atoms with van der Waals surface area (Å²) < 4.78 is 0. The summed E-state index contributed by atoms with van der Waals surface area (Å²) >= 11 is 5.96. The van der Waals surface area contributed by atoms with Crippen molar-refractivity contribution in [1.29, 1.82) is 0 Å². The van der Waals surface area contributed by atoms with E-state index in [0.717, 1.165) is 5.02 Å². The van der Waals surface area contributed by atoms with E-state index in [4.69, 9.17) is 11.6 Å². The van der Waals surface area contributed by atoms with E-state index in [1.807, 2.05) is 12.1 Å². The van der Waals surface area contributed by atoms with Crippen LogP contribution in [0.1, 0.15) is 59.4 Å². The van der Waals surface area contributed by atoms with E-state index in [0.29, 0.717) is 11.3 Å². The van der Waals surface area contributed by atoms with E-state index in [1.165, 1.54) is 12.0 Å². The van der Waals surface area contributed by atoms with Gasteiger partial charge in [-0.3, -0.25) is 0 Å². The van der Waals surface area contributed by atoms with Crippen LogP contribution in [0.2, 0.25) is 5.02 Å². The van der Waals surface area contributed by atoms with Crippen molar-refractivity contribution in [3.8, 4) is 0 Å². The summed E-state index contributed by atoms with van der Waals surface area (Å²) in [6.07, 6.45) is 1.19. The second-order valence-electron chi connectivity index (χ2n) is 7.23. The highest BCUT2D eigenvalue weighted by atomic mass is 35.5.